The van der Waals surface area contributed by atoms with E-state index in [1.807, 2.05) is 18.2 Å². The Morgan fingerprint density at radius 1 is 1.08 bits per heavy atom. The molecule has 1 amide bonds. The third-order valence-electron chi connectivity index (χ3n) is 11.6. The van der Waals surface area contributed by atoms with Crippen molar-refractivity contribution >= 4 is 35.4 Å². The summed E-state index contributed by atoms with van der Waals surface area (Å²) in [5, 5.41) is 60.4. The van der Waals surface area contributed by atoms with Crippen molar-refractivity contribution in [2.24, 2.45) is 11.8 Å². The van der Waals surface area contributed by atoms with Gasteiger partial charge in [-0.2, -0.15) is 0 Å². The summed E-state index contributed by atoms with van der Waals surface area (Å²) in [5.41, 5.74) is -5.11. The molecule has 0 radical (unpaired) electrons. The Labute approximate surface area is 282 Å². The lowest BCUT2D eigenvalue weighted by Crippen LogP contribution is -2.72. The molecule has 7 rings (SSSR count). The number of fused-ring (bicyclic) bond motifs is 4. The van der Waals surface area contributed by atoms with Crippen LogP contribution in [0.2, 0.25) is 0 Å². The van der Waals surface area contributed by atoms with E-state index < -0.39 is 81.7 Å². The van der Waals surface area contributed by atoms with E-state index in [0.717, 1.165) is 5.46 Å². The maximum absolute atomic E-state index is 14.4. The zero-order chi connectivity index (χ0) is 35.3. The molecule has 6 N–H and O–H groups in total. The fourth-order valence-electron chi connectivity index (χ4n) is 9.06. The number of aliphatic hydroxyl groups excluding tert-OH is 2. The number of aliphatic hydroxyl groups is 4. The Morgan fingerprint density at radius 3 is 2.41 bits per heavy atom. The molecule has 1 saturated carbocycles. The average Bonchev–Trinajstić information content (AvgIpc) is 3.61. The Balaban J connectivity index is 1.28. The van der Waals surface area contributed by atoms with Crippen LogP contribution in [0.15, 0.2) is 59.4 Å². The smallest absolute Gasteiger partial charge is 0.504 e. The summed E-state index contributed by atoms with van der Waals surface area (Å²) < 4.78 is 18.1. The molecule has 2 saturated heterocycles. The van der Waals surface area contributed by atoms with Gasteiger partial charge >= 0.3 is 6.69 Å². The fourth-order valence-corrected chi connectivity index (χ4v) is 9.06. The van der Waals surface area contributed by atoms with Crippen LogP contribution < -0.4 is 15.5 Å². The van der Waals surface area contributed by atoms with Crippen molar-refractivity contribution in [3.63, 3.8) is 0 Å². The first-order valence-electron chi connectivity index (χ1n) is 16.3. The van der Waals surface area contributed by atoms with E-state index >= 15 is 0 Å². The molecule has 0 spiro atoms. The van der Waals surface area contributed by atoms with E-state index in [2.05, 4.69) is 5.32 Å². The first kappa shape index (κ1) is 33.3. The highest BCUT2D eigenvalue weighted by Gasteiger charge is 2.67. The Morgan fingerprint density at radius 2 is 1.76 bits per heavy atom. The van der Waals surface area contributed by atoms with Crippen LogP contribution in [0.4, 0.5) is 0 Å². The van der Waals surface area contributed by atoms with Crippen molar-refractivity contribution in [2.45, 2.75) is 30.6 Å². The summed E-state index contributed by atoms with van der Waals surface area (Å²) in [7, 11) is 4.65. The summed E-state index contributed by atoms with van der Waals surface area (Å²) in [6.07, 6.45) is -0.225. The van der Waals surface area contributed by atoms with Crippen molar-refractivity contribution in [1.29, 1.82) is 0 Å². The van der Waals surface area contributed by atoms with Crippen LogP contribution >= 0.6 is 0 Å². The summed E-state index contributed by atoms with van der Waals surface area (Å²) in [6.45, 7) is 0.848. The van der Waals surface area contributed by atoms with Crippen molar-refractivity contribution < 1.29 is 58.4 Å². The molecule has 2 aliphatic heterocycles. The number of Topliss-reactive ketones (excluding diaryl/α,β-unsaturated/α-hetero) is 2. The third kappa shape index (κ3) is 4.33. The number of carbonyl (C=O) groups excluding carboxylic acids is 3. The number of likely N-dealkylation sites (N-methyl/N-ethyl adjacent to an activating group) is 1. The largest absolute Gasteiger partial charge is 0.508 e. The van der Waals surface area contributed by atoms with E-state index in [9.17, 15) is 39.9 Å². The number of phenolic OH excluding ortho intramolecular Hbond substituents is 1. The van der Waals surface area contributed by atoms with Gasteiger partial charge < -0.3 is 49.3 Å². The van der Waals surface area contributed by atoms with Gasteiger partial charge in [0, 0.05) is 17.4 Å². The topological polar surface area (TPSA) is 195 Å². The number of amides is 1. The van der Waals surface area contributed by atoms with Crippen molar-refractivity contribution in [2.75, 3.05) is 54.2 Å². The second kappa shape index (κ2) is 11.1. The lowest BCUT2D eigenvalue weighted by atomic mass is 9.54. The normalized spacial score (nSPS) is 35.2. The van der Waals surface area contributed by atoms with Gasteiger partial charge in [0.2, 0.25) is 5.78 Å². The SMILES string of the molecule is COc1cccc([B-]23OCC[N+]2(CNC(=O)C2=C(O)[C@]4(O)C(=O)C5=C(O)c6c(O)cccc6[C@](C)(O)[C@@H]5C[C@H]4[C@@H](N(C)C)C2=O)CCO3)c1. The minimum Gasteiger partial charge on any atom is -0.508 e. The summed E-state index contributed by atoms with van der Waals surface area (Å²) >= 11 is 0. The maximum atomic E-state index is 14.4. The number of nitrogens with zero attached hydrogens (tertiary/aromatic N) is 2. The number of ether oxygens (including phenoxy) is 1. The van der Waals surface area contributed by atoms with Gasteiger partial charge in [-0.25, -0.2) is 0 Å². The minimum absolute atomic E-state index is 0.0600. The van der Waals surface area contributed by atoms with Gasteiger partial charge in [0.1, 0.15) is 35.3 Å². The molecule has 14 nitrogen and oxygen atoms in total. The second-order valence-corrected chi connectivity index (χ2v) is 14.1. The van der Waals surface area contributed by atoms with E-state index in [1.54, 1.807) is 27.3 Å². The molecule has 2 heterocycles. The van der Waals surface area contributed by atoms with Crippen LogP contribution in [-0.2, 0) is 29.3 Å². The van der Waals surface area contributed by atoms with Gasteiger partial charge in [0.15, 0.2) is 11.4 Å². The summed E-state index contributed by atoms with van der Waals surface area (Å²) in [5.74, 6) is -7.02. The van der Waals surface area contributed by atoms with E-state index in [4.69, 9.17) is 14.0 Å². The maximum Gasteiger partial charge on any atom is 0.504 e. The summed E-state index contributed by atoms with van der Waals surface area (Å²) in [6, 6.07) is 10.3. The summed E-state index contributed by atoms with van der Waals surface area (Å²) in [4.78, 5) is 44.0. The molecule has 0 bridgehead atoms. The van der Waals surface area contributed by atoms with Gasteiger partial charge in [0.25, 0.3) is 5.91 Å². The highest BCUT2D eigenvalue weighted by atomic mass is 16.6. The molecule has 0 aromatic heterocycles. The first-order valence-corrected chi connectivity index (χ1v) is 16.3. The molecule has 5 atom stereocenters. The van der Waals surface area contributed by atoms with Crippen LogP contribution in [-0.4, -0.2) is 125 Å². The molecular weight excluding hydrogens is 637 g/mol. The minimum atomic E-state index is -2.82. The molecule has 260 valence electrons. The zero-order valence-electron chi connectivity index (χ0n) is 27.7. The van der Waals surface area contributed by atoms with Gasteiger partial charge in [-0.1, -0.05) is 29.7 Å². The third-order valence-corrected chi connectivity index (χ3v) is 11.6. The highest BCUT2D eigenvalue weighted by molar-refractivity contribution is 6.75. The quantitative estimate of drug-likeness (QED) is 0.177. The number of quaternary nitrogens is 1. The van der Waals surface area contributed by atoms with Crippen molar-refractivity contribution in [3.8, 4) is 11.5 Å². The van der Waals surface area contributed by atoms with Gasteiger partial charge in [-0.3, -0.25) is 19.3 Å². The number of ketones is 2. The molecule has 3 fully saturated rings. The molecule has 2 aromatic rings. The van der Waals surface area contributed by atoms with Crippen molar-refractivity contribution in [3.05, 3.63) is 70.5 Å². The number of carbonyl (C=O) groups is 3. The van der Waals surface area contributed by atoms with E-state index in [1.165, 1.54) is 30.0 Å². The monoisotopic (exact) mass is 677 g/mol. The number of rotatable bonds is 6. The van der Waals surface area contributed by atoms with Crippen LogP contribution in [0.1, 0.15) is 24.5 Å². The Bertz CT molecular complexity index is 1850. The number of benzene rings is 2. The number of methoxy groups -OCH3 is 1. The van der Waals surface area contributed by atoms with Gasteiger partial charge in [-0.15, -0.1) is 0 Å². The average molecular weight is 678 g/mol. The van der Waals surface area contributed by atoms with Gasteiger partial charge in [-0.05, 0) is 51.2 Å². The zero-order valence-corrected chi connectivity index (χ0v) is 27.7. The number of aromatic hydroxyl groups is 1. The van der Waals surface area contributed by atoms with E-state index in [-0.39, 0.29) is 28.6 Å². The van der Waals surface area contributed by atoms with E-state index in [0.29, 0.717) is 32.1 Å². The highest BCUT2D eigenvalue weighted by Crippen LogP contribution is 2.57. The lowest BCUT2D eigenvalue weighted by Gasteiger charge is -2.53. The molecule has 15 heteroatoms. The predicted octanol–water partition coefficient (Wildman–Crippen LogP) is -0.0507. The van der Waals surface area contributed by atoms with Crippen molar-refractivity contribution in [1.82, 2.24) is 10.2 Å². The molecule has 2 aromatic carbocycles. The molecular formula is C34H40BN3O11. The Kier molecular flexibility index (Phi) is 7.56. The van der Waals surface area contributed by atoms with Gasteiger partial charge in [0.05, 0.1) is 50.6 Å². The first-order chi connectivity index (χ1) is 23.2. The lowest BCUT2D eigenvalue weighted by molar-refractivity contribution is -0.822. The molecule has 0 unspecified atom stereocenters. The van der Waals surface area contributed by atoms with Crippen LogP contribution in [0.3, 0.4) is 0 Å². The van der Waals surface area contributed by atoms with Crippen LogP contribution in [0.5, 0.6) is 11.5 Å². The molecule has 3 aliphatic carbocycles. The number of hydrogen-bond acceptors (Lipinski definition) is 12. The van der Waals surface area contributed by atoms with Crippen LogP contribution in [0, 0.1) is 11.8 Å². The number of nitrogens with one attached hydrogen (secondary N) is 1. The van der Waals surface area contributed by atoms with Crippen LogP contribution in [0.25, 0.3) is 5.76 Å². The second-order valence-electron chi connectivity index (χ2n) is 14.1. The fraction of sp³-hybridized carbons (Fsp3) is 0.441. The standard InChI is InChI=1S/C34H40BN3O11/c1-33(45)20-9-6-10-23(39)24(20)28(40)25-21(33)16-22-27(37(2)3)29(41)26(31(43)34(22,46)30(25)42)32(44)36-17-38-11-13-48-35(38,49-14-12-38)18-7-5-8-19(15-18)47-4/h5-10,15,21-22,27,39-40,43,45-46H,11-14,16-17H2,1-4H3,(H,36,44)/t21-,22+,27-,33+,34-,35?,38?/m1/s1. The predicted molar refractivity (Wildman–Crippen MR) is 174 cm³/mol. The number of hydrogen-bond donors (Lipinski definition) is 6. The number of phenols is 1. The molecule has 49 heavy (non-hydrogen) atoms. The molecule has 5 aliphatic rings. The Hall–Kier alpha value is -4.25.